The number of nitrogens with one attached hydrogen (secondary N) is 1. The third kappa shape index (κ3) is 4.98. The highest BCUT2D eigenvalue weighted by Gasteiger charge is 1.98. The van der Waals surface area contributed by atoms with E-state index < -0.39 is 0 Å². The number of carbonyl (C=O) groups excluding carboxylic acids is 1. The molecule has 0 aromatic rings. The van der Waals surface area contributed by atoms with E-state index in [1.54, 1.807) is 0 Å². The van der Waals surface area contributed by atoms with Gasteiger partial charge in [0.2, 0.25) is 0 Å². The van der Waals surface area contributed by atoms with Gasteiger partial charge in [0.05, 0.1) is 13.7 Å². The highest BCUT2D eigenvalue weighted by Crippen LogP contribution is 1.99. The fourth-order valence-electron chi connectivity index (χ4n) is 1.11. The van der Waals surface area contributed by atoms with Crippen LogP contribution in [0.4, 0.5) is 0 Å². The van der Waals surface area contributed by atoms with E-state index in [1.807, 2.05) is 42.5 Å². The van der Waals surface area contributed by atoms with E-state index in [0.29, 0.717) is 6.54 Å². The first kappa shape index (κ1) is 11.5. The molecule has 0 bridgehead atoms. The maximum Gasteiger partial charge on any atom is 0.319 e. The second-order valence-electron chi connectivity index (χ2n) is 3.05. The molecule has 0 aromatic carbocycles. The minimum atomic E-state index is -0.249. The van der Waals surface area contributed by atoms with E-state index in [2.05, 4.69) is 10.1 Å². The Morgan fingerprint density at radius 3 is 2.80 bits per heavy atom. The Balaban J connectivity index is 2.34. The average molecular weight is 205 g/mol. The van der Waals surface area contributed by atoms with Crippen molar-refractivity contribution < 1.29 is 9.53 Å². The molecule has 15 heavy (non-hydrogen) atoms. The van der Waals surface area contributed by atoms with Gasteiger partial charge in [-0.05, 0) is 5.57 Å². The van der Waals surface area contributed by atoms with Crippen LogP contribution in [0.25, 0.3) is 0 Å². The summed E-state index contributed by atoms with van der Waals surface area (Å²) in [6, 6.07) is 0. The molecule has 0 fully saturated rings. The summed E-state index contributed by atoms with van der Waals surface area (Å²) in [5.74, 6) is -0.249. The summed E-state index contributed by atoms with van der Waals surface area (Å²) < 4.78 is 4.52. The van der Waals surface area contributed by atoms with Crippen molar-refractivity contribution in [1.29, 1.82) is 0 Å². The van der Waals surface area contributed by atoms with Gasteiger partial charge < -0.3 is 10.1 Å². The number of hydrogen-bond acceptors (Lipinski definition) is 3. The van der Waals surface area contributed by atoms with Gasteiger partial charge in [-0.25, -0.2) is 0 Å². The molecule has 3 heteroatoms. The van der Waals surface area contributed by atoms with Gasteiger partial charge in [0.15, 0.2) is 0 Å². The van der Waals surface area contributed by atoms with Crippen LogP contribution in [0.2, 0.25) is 0 Å². The van der Waals surface area contributed by atoms with Crippen LogP contribution < -0.4 is 5.32 Å². The Morgan fingerprint density at radius 2 is 2.00 bits per heavy atom. The standard InChI is InChI=1S/C12H15NO2/c1-15-12(14)10-13-9-11-7-5-3-2-4-6-8-11/h2-8,13H,9-10H2,1H3/b3-2-,4-2?,5-3?,6-4-,7-5?,8-6?,11-7?,11-8?. The highest BCUT2D eigenvalue weighted by atomic mass is 16.5. The molecule has 1 N–H and O–H groups in total. The van der Waals surface area contributed by atoms with Gasteiger partial charge in [-0.2, -0.15) is 0 Å². The number of allylic oxidation sites excluding steroid dienone is 6. The molecule has 0 saturated carbocycles. The minimum Gasteiger partial charge on any atom is -0.468 e. The molecule has 0 aliphatic heterocycles. The summed E-state index contributed by atoms with van der Waals surface area (Å²) in [6.07, 6.45) is 13.8. The molecule has 0 heterocycles. The van der Waals surface area contributed by atoms with Crippen molar-refractivity contribution >= 4 is 5.97 Å². The number of carbonyl (C=O) groups is 1. The Kier molecular flexibility index (Phi) is 5.19. The zero-order valence-electron chi connectivity index (χ0n) is 8.77. The molecule has 0 radical (unpaired) electrons. The maximum absolute atomic E-state index is 10.8. The third-order valence-corrected chi connectivity index (χ3v) is 1.89. The molecule has 0 spiro atoms. The SMILES string of the molecule is COC(=O)CNCC1=C/C=C\C=C/C=C1. The van der Waals surface area contributed by atoms with Crippen LogP contribution in [-0.4, -0.2) is 26.2 Å². The average Bonchev–Trinajstić information content (AvgIpc) is 2.20. The summed E-state index contributed by atoms with van der Waals surface area (Å²) in [5.41, 5.74) is 1.12. The zero-order chi connectivity index (χ0) is 10.9. The second-order valence-corrected chi connectivity index (χ2v) is 3.05. The second kappa shape index (κ2) is 6.79. The van der Waals surface area contributed by atoms with Gasteiger partial charge in [0.25, 0.3) is 0 Å². The van der Waals surface area contributed by atoms with Crippen molar-refractivity contribution in [2.45, 2.75) is 0 Å². The molecule has 0 atom stereocenters. The largest absolute Gasteiger partial charge is 0.468 e. The van der Waals surface area contributed by atoms with Gasteiger partial charge in [-0.1, -0.05) is 42.5 Å². The minimum absolute atomic E-state index is 0.237. The summed E-state index contributed by atoms with van der Waals surface area (Å²) in [6.45, 7) is 0.894. The Morgan fingerprint density at radius 1 is 1.27 bits per heavy atom. The fraction of sp³-hybridized carbons (Fsp3) is 0.250. The van der Waals surface area contributed by atoms with Crippen LogP contribution in [0.5, 0.6) is 0 Å². The Bertz CT molecular complexity index is 325. The van der Waals surface area contributed by atoms with Crippen LogP contribution in [0.15, 0.2) is 48.1 Å². The predicted octanol–water partition coefficient (Wildman–Crippen LogP) is 1.36. The van der Waals surface area contributed by atoms with Crippen LogP contribution in [0, 0.1) is 0 Å². The Labute approximate surface area is 89.8 Å². The van der Waals surface area contributed by atoms with Crippen molar-refractivity contribution in [2.75, 3.05) is 20.2 Å². The topological polar surface area (TPSA) is 38.3 Å². The summed E-state index contributed by atoms with van der Waals surface area (Å²) >= 11 is 0. The quantitative estimate of drug-likeness (QED) is 0.704. The van der Waals surface area contributed by atoms with E-state index in [1.165, 1.54) is 7.11 Å². The first-order chi connectivity index (χ1) is 7.33. The molecule has 0 amide bonds. The highest BCUT2D eigenvalue weighted by molar-refractivity contribution is 5.71. The third-order valence-electron chi connectivity index (χ3n) is 1.89. The molecule has 1 aliphatic carbocycles. The molecule has 1 aliphatic rings. The van der Waals surface area contributed by atoms with E-state index in [4.69, 9.17) is 0 Å². The van der Waals surface area contributed by atoms with Gasteiger partial charge in [-0.15, -0.1) is 0 Å². The van der Waals surface area contributed by atoms with E-state index in [9.17, 15) is 4.79 Å². The zero-order valence-corrected chi connectivity index (χ0v) is 8.77. The molecule has 0 unspecified atom stereocenters. The van der Waals surface area contributed by atoms with Crippen molar-refractivity contribution in [3.63, 3.8) is 0 Å². The molecule has 0 saturated heterocycles. The van der Waals surface area contributed by atoms with Gasteiger partial charge in [0, 0.05) is 6.54 Å². The first-order valence-corrected chi connectivity index (χ1v) is 4.81. The van der Waals surface area contributed by atoms with E-state index >= 15 is 0 Å². The lowest BCUT2D eigenvalue weighted by molar-refractivity contribution is -0.139. The Hall–Kier alpha value is -1.61. The summed E-state index contributed by atoms with van der Waals surface area (Å²) in [5, 5.41) is 3.00. The molecular weight excluding hydrogens is 190 g/mol. The van der Waals surface area contributed by atoms with E-state index in [0.717, 1.165) is 5.57 Å². The smallest absolute Gasteiger partial charge is 0.319 e. The van der Waals surface area contributed by atoms with Crippen LogP contribution in [-0.2, 0) is 9.53 Å². The summed E-state index contributed by atoms with van der Waals surface area (Å²) in [7, 11) is 1.38. The number of rotatable bonds is 4. The monoisotopic (exact) mass is 205 g/mol. The molecule has 1 rings (SSSR count). The van der Waals surface area contributed by atoms with Crippen molar-refractivity contribution in [3.8, 4) is 0 Å². The molecule has 0 aromatic heterocycles. The summed E-state index contributed by atoms with van der Waals surface area (Å²) in [4.78, 5) is 10.8. The van der Waals surface area contributed by atoms with Crippen LogP contribution >= 0.6 is 0 Å². The number of hydrogen-bond donors (Lipinski definition) is 1. The van der Waals surface area contributed by atoms with Crippen molar-refractivity contribution in [1.82, 2.24) is 5.32 Å². The maximum atomic E-state index is 10.8. The van der Waals surface area contributed by atoms with Crippen LogP contribution in [0.1, 0.15) is 0 Å². The lowest BCUT2D eigenvalue weighted by atomic mass is 10.2. The van der Waals surface area contributed by atoms with Crippen LogP contribution in [0.3, 0.4) is 0 Å². The van der Waals surface area contributed by atoms with Crippen molar-refractivity contribution in [2.24, 2.45) is 0 Å². The molecular formula is C12H15NO2. The molecule has 3 nitrogen and oxygen atoms in total. The lowest BCUT2D eigenvalue weighted by Gasteiger charge is -2.04. The van der Waals surface area contributed by atoms with Gasteiger partial charge in [-0.3, -0.25) is 4.79 Å². The van der Waals surface area contributed by atoms with Gasteiger partial charge in [0.1, 0.15) is 0 Å². The first-order valence-electron chi connectivity index (χ1n) is 4.81. The fourth-order valence-corrected chi connectivity index (χ4v) is 1.11. The number of ether oxygens (including phenoxy) is 1. The normalized spacial score (nSPS) is 18.6. The number of esters is 1. The lowest BCUT2D eigenvalue weighted by Crippen LogP contribution is -2.25. The predicted molar refractivity (Wildman–Crippen MR) is 60.4 cm³/mol. The van der Waals surface area contributed by atoms with Crippen molar-refractivity contribution in [3.05, 3.63) is 48.1 Å². The van der Waals surface area contributed by atoms with Gasteiger partial charge >= 0.3 is 5.97 Å². The van der Waals surface area contributed by atoms with E-state index in [-0.39, 0.29) is 12.5 Å². The molecule has 80 valence electrons. The number of methoxy groups -OCH3 is 1.